The number of carbonyl (C=O) groups is 3. The third-order valence-electron chi connectivity index (χ3n) is 5.50. The third-order valence-corrected chi connectivity index (χ3v) is 6.29. The number of hydrogen-bond donors (Lipinski definition) is 3. The van der Waals surface area contributed by atoms with Crippen molar-refractivity contribution in [1.29, 1.82) is 0 Å². The zero-order chi connectivity index (χ0) is 27.4. The van der Waals surface area contributed by atoms with Gasteiger partial charge in [0.05, 0.1) is 28.3 Å². The molecule has 38 heavy (non-hydrogen) atoms. The van der Waals surface area contributed by atoms with Gasteiger partial charge >= 0.3 is 0 Å². The highest BCUT2D eigenvalue weighted by atomic mass is 35.5. The number of nitrogens with one attached hydrogen (secondary N) is 2. The fourth-order valence-electron chi connectivity index (χ4n) is 3.67. The Balaban J connectivity index is 1.63. The molecule has 0 bridgehead atoms. The first-order valence-electron chi connectivity index (χ1n) is 11.3. The van der Waals surface area contributed by atoms with Crippen LogP contribution in [0.3, 0.4) is 0 Å². The Morgan fingerprint density at radius 2 is 1.66 bits per heavy atom. The number of benzene rings is 2. The van der Waals surface area contributed by atoms with Gasteiger partial charge in [-0.2, -0.15) is 5.10 Å². The predicted octanol–water partition coefficient (Wildman–Crippen LogP) is 5.06. The van der Waals surface area contributed by atoms with Gasteiger partial charge in [-0.15, -0.1) is 0 Å². The van der Waals surface area contributed by atoms with Gasteiger partial charge in [0.1, 0.15) is 5.69 Å². The van der Waals surface area contributed by atoms with E-state index in [1.165, 1.54) is 18.3 Å². The minimum atomic E-state index is -0.522. The summed E-state index contributed by atoms with van der Waals surface area (Å²) in [5.41, 5.74) is 8.28. The number of amides is 3. The topological polar surface area (TPSA) is 132 Å². The summed E-state index contributed by atoms with van der Waals surface area (Å²) in [5, 5.41) is 11.3. The van der Waals surface area contributed by atoms with Gasteiger partial charge in [0.2, 0.25) is 5.91 Å². The molecule has 0 aliphatic heterocycles. The highest BCUT2D eigenvalue weighted by Crippen LogP contribution is 2.33. The van der Waals surface area contributed by atoms with E-state index in [0.29, 0.717) is 37.7 Å². The van der Waals surface area contributed by atoms with Gasteiger partial charge in [-0.1, -0.05) is 46.9 Å². The molecule has 0 atom stereocenters. The van der Waals surface area contributed by atoms with Crippen LogP contribution >= 0.6 is 34.8 Å². The largest absolute Gasteiger partial charge is 0.370 e. The molecule has 0 aliphatic rings. The monoisotopic (exact) mass is 570 g/mol. The zero-order valence-electron chi connectivity index (χ0n) is 20.0. The Morgan fingerprint density at radius 1 is 0.947 bits per heavy atom. The molecule has 0 unspecified atom stereocenters. The van der Waals surface area contributed by atoms with Gasteiger partial charge in [-0.3, -0.25) is 14.4 Å². The molecule has 2 aromatic carbocycles. The molecule has 0 aliphatic carbocycles. The smallest absolute Gasteiger partial charge is 0.276 e. The summed E-state index contributed by atoms with van der Waals surface area (Å²) in [7, 11) is 0. The second-order valence-electron chi connectivity index (χ2n) is 8.20. The fourth-order valence-corrected chi connectivity index (χ4v) is 4.28. The van der Waals surface area contributed by atoms with Gasteiger partial charge in [0, 0.05) is 34.1 Å². The minimum absolute atomic E-state index is 0.0190. The molecule has 194 valence electrons. The molecule has 12 heteroatoms. The number of carbonyl (C=O) groups excluding carboxylic acids is 3. The first-order chi connectivity index (χ1) is 18.1. The molecule has 0 radical (unpaired) electrons. The van der Waals surface area contributed by atoms with Gasteiger partial charge < -0.3 is 16.4 Å². The lowest BCUT2D eigenvalue weighted by atomic mass is 10.1. The molecular weight excluding hydrogens is 551 g/mol. The van der Waals surface area contributed by atoms with E-state index in [9.17, 15) is 14.4 Å². The molecule has 4 N–H and O–H groups in total. The molecule has 0 fully saturated rings. The summed E-state index contributed by atoms with van der Waals surface area (Å²) < 4.78 is 1.59. The molecule has 2 heterocycles. The van der Waals surface area contributed by atoms with Crippen molar-refractivity contribution in [2.75, 3.05) is 11.9 Å². The summed E-state index contributed by atoms with van der Waals surface area (Å²) in [6.45, 7) is 1.88. The lowest BCUT2D eigenvalue weighted by molar-refractivity contribution is -0.117. The normalized spacial score (nSPS) is 10.7. The second-order valence-corrected chi connectivity index (χ2v) is 9.48. The van der Waals surface area contributed by atoms with Crippen molar-refractivity contribution in [2.45, 2.75) is 13.3 Å². The Kier molecular flexibility index (Phi) is 8.31. The molecular formula is C26H21Cl3N6O3. The van der Waals surface area contributed by atoms with Gasteiger partial charge in [0.15, 0.2) is 5.69 Å². The average molecular weight is 572 g/mol. The first kappa shape index (κ1) is 27.1. The maximum atomic E-state index is 13.3. The number of pyridine rings is 1. The van der Waals surface area contributed by atoms with Crippen molar-refractivity contribution >= 4 is 58.2 Å². The quantitative estimate of drug-likeness (QED) is 0.272. The van der Waals surface area contributed by atoms with Crippen LogP contribution in [0.2, 0.25) is 15.1 Å². The standard InChI is InChI=1S/C26H21Cl3N6O3/c1-14-23(26(38)33-18-7-8-20(32-13-18)25(37)31-11-10-22(30)36)34-35(21-9-6-17(28)12-19(21)29)24(14)15-2-4-16(27)5-3-15/h2-9,12-13H,10-11H2,1H3,(H2,30,36)(H,31,37)(H,33,38). The summed E-state index contributed by atoms with van der Waals surface area (Å²) in [6, 6.07) is 15.1. The van der Waals surface area contributed by atoms with E-state index in [2.05, 4.69) is 20.7 Å². The van der Waals surface area contributed by atoms with Crippen molar-refractivity contribution < 1.29 is 14.4 Å². The molecule has 0 saturated heterocycles. The van der Waals surface area contributed by atoms with Crippen molar-refractivity contribution in [3.63, 3.8) is 0 Å². The maximum Gasteiger partial charge on any atom is 0.276 e. The van der Waals surface area contributed by atoms with E-state index in [0.717, 1.165) is 5.56 Å². The lowest BCUT2D eigenvalue weighted by Crippen LogP contribution is -2.28. The summed E-state index contributed by atoms with van der Waals surface area (Å²) in [4.78, 5) is 40.3. The van der Waals surface area contributed by atoms with Crippen LogP contribution in [-0.4, -0.2) is 39.0 Å². The van der Waals surface area contributed by atoms with Crippen LogP contribution in [0.1, 0.15) is 33.0 Å². The lowest BCUT2D eigenvalue weighted by Gasteiger charge is -2.11. The SMILES string of the molecule is Cc1c(C(=O)Nc2ccc(C(=O)NCCC(N)=O)nc2)nn(-c2ccc(Cl)cc2Cl)c1-c1ccc(Cl)cc1. The first-order valence-corrected chi connectivity index (χ1v) is 12.4. The fraction of sp³-hybridized carbons (Fsp3) is 0.115. The Labute approximate surface area is 232 Å². The number of nitrogens with two attached hydrogens (primary N) is 1. The average Bonchev–Trinajstić information content (AvgIpc) is 3.21. The third kappa shape index (κ3) is 6.13. The number of primary amides is 1. The van der Waals surface area contributed by atoms with Gasteiger partial charge in [-0.25, -0.2) is 9.67 Å². The molecule has 4 rings (SSSR count). The van der Waals surface area contributed by atoms with Crippen molar-refractivity contribution in [3.05, 3.63) is 92.8 Å². The Bertz CT molecular complexity index is 1520. The van der Waals surface area contributed by atoms with Crippen LogP contribution in [0.25, 0.3) is 16.9 Å². The van der Waals surface area contributed by atoms with Crippen LogP contribution in [0.4, 0.5) is 5.69 Å². The van der Waals surface area contributed by atoms with E-state index >= 15 is 0 Å². The van der Waals surface area contributed by atoms with Gasteiger partial charge in [-0.05, 0) is 49.4 Å². The van der Waals surface area contributed by atoms with E-state index in [4.69, 9.17) is 40.5 Å². The minimum Gasteiger partial charge on any atom is -0.370 e. The number of anilines is 1. The molecule has 2 aromatic heterocycles. The second kappa shape index (κ2) is 11.6. The Hall–Kier alpha value is -3.92. The van der Waals surface area contributed by atoms with Crippen molar-refractivity contribution in [1.82, 2.24) is 20.1 Å². The summed E-state index contributed by atoms with van der Waals surface area (Å²) in [6.07, 6.45) is 1.37. The zero-order valence-corrected chi connectivity index (χ0v) is 22.2. The summed E-state index contributed by atoms with van der Waals surface area (Å²) >= 11 is 18.6. The summed E-state index contributed by atoms with van der Waals surface area (Å²) in [5.74, 6) is -1.47. The van der Waals surface area contributed by atoms with E-state index in [1.54, 1.807) is 41.9 Å². The molecule has 0 saturated carbocycles. The van der Waals surface area contributed by atoms with Gasteiger partial charge in [0.25, 0.3) is 11.8 Å². The number of halogens is 3. The van der Waals surface area contributed by atoms with Crippen LogP contribution < -0.4 is 16.4 Å². The van der Waals surface area contributed by atoms with E-state index < -0.39 is 17.7 Å². The van der Waals surface area contributed by atoms with Crippen molar-refractivity contribution in [3.8, 4) is 16.9 Å². The van der Waals surface area contributed by atoms with Crippen LogP contribution in [0.15, 0.2) is 60.8 Å². The molecule has 4 aromatic rings. The van der Waals surface area contributed by atoms with Crippen LogP contribution in [0, 0.1) is 6.92 Å². The number of hydrogen-bond acceptors (Lipinski definition) is 5. The number of aromatic nitrogens is 3. The van der Waals surface area contributed by atoms with E-state index in [-0.39, 0.29) is 24.4 Å². The molecule has 3 amide bonds. The van der Waals surface area contributed by atoms with Crippen LogP contribution in [0.5, 0.6) is 0 Å². The Morgan fingerprint density at radius 3 is 2.29 bits per heavy atom. The predicted molar refractivity (Wildman–Crippen MR) is 147 cm³/mol. The number of nitrogens with zero attached hydrogens (tertiary/aromatic N) is 3. The van der Waals surface area contributed by atoms with Crippen molar-refractivity contribution in [2.24, 2.45) is 5.73 Å². The maximum absolute atomic E-state index is 13.3. The van der Waals surface area contributed by atoms with Crippen LogP contribution in [-0.2, 0) is 4.79 Å². The molecule has 0 spiro atoms. The highest BCUT2D eigenvalue weighted by molar-refractivity contribution is 6.35. The molecule has 9 nitrogen and oxygen atoms in total. The number of rotatable bonds is 8. The van der Waals surface area contributed by atoms with E-state index in [1.807, 2.05) is 12.1 Å². The highest BCUT2D eigenvalue weighted by Gasteiger charge is 2.23.